The van der Waals surface area contributed by atoms with E-state index in [1.54, 1.807) is 25.1 Å². The maximum absolute atomic E-state index is 13.7. The molecule has 0 spiro atoms. The molecule has 4 nitrogen and oxygen atoms in total. The van der Waals surface area contributed by atoms with E-state index in [-0.39, 0.29) is 11.9 Å². The lowest BCUT2D eigenvalue weighted by molar-refractivity contribution is -0.145. The van der Waals surface area contributed by atoms with Crippen molar-refractivity contribution < 1.29 is 19.0 Å². The lowest BCUT2D eigenvalue weighted by Crippen LogP contribution is -2.37. The lowest BCUT2D eigenvalue weighted by atomic mass is 10.1. The van der Waals surface area contributed by atoms with E-state index in [2.05, 4.69) is 4.90 Å². The number of aliphatic hydroxyl groups is 1. The summed E-state index contributed by atoms with van der Waals surface area (Å²) in [5, 5.41) is 10.3. The molecule has 0 bridgehead atoms. The number of nitrogens with zero attached hydrogens (tertiary/aromatic N) is 1. The van der Waals surface area contributed by atoms with Crippen molar-refractivity contribution in [3.05, 3.63) is 35.6 Å². The van der Waals surface area contributed by atoms with Gasteiger partial charge in [-0.05, 0) is 18.9 Å². The zero-order chi connectivity index (χ0) is 15.4. The van der Waals surface area contributed by atoms with Crippen LogP contribution in [-0.4, -0.2) is 42.2 Å². The molecular weight excluding hydrogens is 273 g/mol. The second-order valence-corrected chi connectivity index (χ2v) is 5.65. The van der Waals surface area contributed by atoms with Gasteiger partial charge < -0.3 is 9.84 Å². The molecule has 0 heterocycles. The van der Waals surface area contributed by atoms with Crippen LogP contribution < -0.4 is 0 Å². The molecule has 1 aliphatic rings. The van der Waals surface area contributed by atoms with Crippen molar-refractivity contribution in [3.63, 3.8) is 0 Å². The van der Waals surface area contributed by atoms with Crippen molar-refractivity contribution in [2.75, 3.05) is 20.2 Å². The van der Waals surface area contributed by atoms with Gasteiger partial charge in [0.1, 0.15) is 5.82 Å². The number of rotatable bonds is 7. The number of carbonyl (C=O) groups is 1. The van der Waals surface area contributed by atoms with E-state index in [0.29, 0.717) is 24.7 Å². The van der Waals surface area contributed by atoms with Crippen molar-refractivity contribution >= 4 is 5.97 Å². The monoisotopic (exact) mass is 295 g/mol. The Bertz CT molecular complexity index is 490. The Morgan fingerprint density at radius 2 is 2.10 bits per heavy atom. The molecular formula is C16H22FNO3. The van der Waals surface area contributed by atoms with E-state index >= 15 is 0 Å². The highest BCUT2D eigenvalue weighted by atomic mass is 19.1. The minimum Gasteiger partial charge on any atom is -0.469 e. The fourth-order valence-electron chi connectivity index (χ4n) is 2.51. The first-order chi connectivity index (χ1) is 10.0. The highest BCUT2D eigenvalue weighted by molar-refractivity contribution is 5.72. The highest BCUT2D eigenvalue weighted by Gasteiger charge is 2.33. The van der Waals surface area contributed by atoms with Gasteiger partial charge in [-0.1, -0.05) is 25.1 Å². The molecule has 5 heteroatoms. The molecule has 1 saturated carbocycles. The number of hydrogen-bond acceptors (Lipinski definition) is 4. The second-order valence-electron chi connectivity index (χ2n) is 5.65. The Morgan fingerprint density at radius 1 is 1.43 bits per heavy atom. The summed E-state index contributed by atoms with van der Waals surface area (Å²) in [6, 6.07) is 6.62. The third kappa shape index (κ3) is 4.25. The summed E-state index contributed by atoms with van der Waals surface area (Å²) < 4.78 is 18.4. The number of halogens is 1. The summed E-state index contributed by atoms with van der Waals surface area (Å²) in [6.07, 6.45) is 1.21. The molecule has 1 aromatic carbocycles. The number of methoxy groups -OCH3 is 1. The zero-order valence-corrected chi connectivity index (χ0v) is 12.5. The fourth-order valence-corrected chi connectivity index (χ4v) is 2.51. The van der Waals surface area contributed by atoms with E-state index in [4.69, 9.17) is 4.74 Å². The zero-order valence-electron chi connectivity index (χ0n) is 12.5. The molecule has 0 aliphatic heterocycles. The van der Waals surface area contributed by atoms with Crippen LogP contribution in [0.15, 0.2) is 24.3 Å². The Balaban J connectivity index is 2.00. The lowest BCUT2D eigenvalue weighted by Gasteiger charge is -2.27. The van der Waals surface area contributed by atoms with Gasteiger partial charge in [0, 0.05) is 24.7 Å². The summed E-state index contributed by atoms with van der Waals surface area (Å²) in [6.45, 7) is 2.65. The van der Waals surface area contributed by atoms with Crippen LogP contribution in [0.3, 0.4) is 0 Å². The third-order valence-electron chi connectivity index (χ3n) is 3.85. The number of ether oxygens (including phenoxy) is 1. The number of carbonyl (C=O) groups excluding carboxylic acids is 1. The average Bonchev–Trinajstić information content (AvgIpc) is 3.30. The molecule has 1 aromatic rings. The van der Waals surface area contributed by atoms with Crippen LogP contribution in [-0.2, 0) is 9.53 Å². The largest absolute Gasteiger partial charge is 0.469 e. The quantitative estimate of drug-likeness (QED) is 0.783. The van der Waals surface area contributed by atoms with E-state index in [9.17, 15) is 14.3 Å². The van der Waals surface area contributed by atoms with Gasteiger partial charge in [0.05, 0.1) is 19.1 Å². The molecule has 2 atom stereocenters. The minimum atomic E-state index is -0.892. The van der Waals surface area contributed by atoms with E-state index in [1.165, 1.54) is 13.2 Å². The van der Waals surface area contributed by atoms with Gasteiger partial charge in [-0.3, -0.25) is 9.69 Å². The van der Waals surface area contributed by atoms with E-state index < -0.39 is 11.9 Å². The third-order valence-corrected chi connectivity index (χ3v) is 3.85. The SMILES string of the molecule is COC(=O)C(C)CN(CC(O)c1ccccc1F)C1CC1. The van der Waals surface area contributed by atoms with Crippen LogP contribution in [0, 0.1) is 11.7 Å². The summed E-state index contributed by atoms with van der Waals surface area (Å²) in [7, 11) is 1.37. The molecule has 0 amide bonds. The smallest absolute Gasteiger partial charge is 0.309 e. The first-order valence-corrected chi connectivity index (χ1v) is 7.27. The molecule has 1 N–H and O–H groups in total. The predicted octanol–water partition coefficient (Wildman–Crippen LogP) is 2.13. The highest BCUT2D eigenvalue weighted by Crippen LogP contribution is 2.30. The summed E-state index contributed by atoms with van der Waals surface area (Å²) in [4.78, 5) is 13.6. The fraction of sp³-hybridized carbons (Fsp3) is 0.562. The van der Waals surface area contributed by atoms with Gasteiger partial charge in [-0.25, -0.2) is 4.39 Å². The molecule has 1 aliphatic carbocycles. The molecule has 0 radical (unpaired) electrons. The summed E-state index contributed by atoms with van der Waals surface area (Å²) >= 11 is 0. The number of benzene rings is 1. The van der Waals surface area contributed by atoms with Crippen molar-refractivity contribution in [3.8, 4) is 0 Å². The molecule has 0 saturated heterocycles. The van der Waals surface area contributed by atoms with Crippen molar-refractivity contribution in [2.24, 2.45) is 5.92 Å². The molecule has 0 aromatic heterocycles. The maximum Gasteiger partial charge on any atom is 0.309 e. The number of esters is 1. The van der Waals surface area contributed by atoms with Crippen LogP contribution in [0.25, 0.3) is 0 Å². The van der Waals surface area contributed by atoms with Crippen LogP contribution in [0.2, 0.25) is 0 Å². The predicted molar refractivity (Wildman–Crippen MR) is 77.1 cm³/mol. The Hall–Kier alpha value is -1.46. The topological polar surface area (TPSA) is 49.8 Å². The number of hydrogen-bond donors (Lipinski definition) is 1. The van der Waals surface area contributed by atoms with E-state index in [1.807, 2.05) is 0 Å². The minimum absolute atomic E-state index is 0.261. The first-order valence-electron chi connectivity index (χ1n) is 7.27. The summed E-state index contributed by atoms with van der Waals surface area (Å²) in [5.41, 5.74) is 0.300. The molecule has 2 rings (SSSR count). The second kappa shape index (κ2) is 7.00. The van der Waals surface area contributed by atoms with Crippen LogP contribution in [0.1, 0.15) is 31.4 Å². The van der Waals surface area contributed by atoms with Crippen molar-refractivity contribution in [1.29, 1.82) is 0 Å². The molecule has 21 heavy (non-hydrogen) atoms. The van der Waals surface area contributed by atoms with Crippen LogP contribution in [0.4, 0.5) is 4.39 Å². The van der Waals surface area contributed by atoms with Crippen molar-refractivity contribution in [1.82, 2.24) is 4.90 Å². The van der Waals surface area contributed by atoms with Gasteiger partial charge >= 0.3 is 5.97 Å². The van der Waals surface area contributed by atoms with Gasteiger partial charge in [-0.2, -0.15) is 0 Å². The average molecular weight is 295 g/mol. The Labute approximate surface area is 124 Å². The Morgan fingerprint density at radius 3 is 2.67 bits per heavy atom. The molecule has 116 valence electrons. The molecule has 2 unspecified atom stereocenters. The van der Waals surface area contributed by atoms with Crippen LogP contribution in [0.5, 0.6) is 0 Å². The van der Waals surface area contributed by atoms with E-state index in [0.717, 1.165) is 12.8 Å². The van der Waals surface area contributed by atoms with Gasteiger partial charge in [0.2, 0.25) is 0 Å². The normalized spacial score (nSPS) is 17.6. The maximum atomic E-state index is 13.7. The van der Waals surface area contributed by atoms with Gasteiger partial charge in [0.25, 0.3) is 0 Å². The van der Waals surface area contributed by atoms with Crippen LogP contribution >= 0.6 is 0 Å². The Kier molecular flexibility index (Phi) is 5.31. The summed E-state index contributed by atoms with van der Waals surface area (Å²) in [5.74, 6) is -0.925. The first kappa shape index (κ1) is 15.9. The number of aliphatic hydroxyl groups excluding tert-OH is 1. The van der Waals surface area contributed by atoms with Gasteiger partial charge in [0.15, 0.2) is 0 Å². The standard InChI is InChI=1S/C16H22FNO3/c1-11(16(20)21-2)9-18(12-7-8-12)10-15(19)13-5-3-4-6-14(13)17/h3-6,11-12,15,19H,7-10H2,1-2H3. The van der Waals surface area contributed by atoms with Crippen molar-refractivity contribution in [2.45, 2.75) is 31.9 Å². The molecule has 1 fully saturated rings. The van der Waals surface area contributed by atoms with Gasteiger partial charge in [-0.15, -0.1) is 0 Å².